The number of anilines is 2. The lowest BCUT2D eigenvalue weighted by atomic mass is 10.1. The zero-order valence-electron chi connectivity index (χ0n) is 15.0. The number of ether oxygens (including phenoxy) is 1. The van der Waals surface area contributed by atoms with Gasteiger partial charge in [-0.3, -0.25) is 9.59 Å². The zero-order chi connectivity index (χ0) is 20.9. The Hall–Kier alpha value is -3.36. The van der Waals surface area contributed by atoms with E-state index in [0.717, 1.165) is 29.2 Å². The highest BCUT2D eigenvalue weighted by molar-refractivity contribution is 6.05. The van der Waals surface area contributed by atoms with Crippen LogP contribution in [0.4, 0.5) is 24.5 Å². The normalized spacial score (nSPS) is 10.9. The first kappa shape index (κ1) is 20.9. The molecule has 0 aliphatic heterocycles. The van der Waals surface area contributed by atoms with Gasteiger partial charge in [0.2, 0.25) is 11.8 Å². The highest BCUT2D eigenvalue weighted by Gasteiger charge is 2.30. The molecule has 148 valence electrons. The minimum absolute atomic E-state index is 0.127. The summed E-state index contributed by atoms with van der Waals surface area (Å²) in [6, 6.07) is 10.0. The fraction of sp³-hybridized carbons (Fsp3) is 0.211. The summed E-state index contributed by atoms with van der Waals surface area (Å²) in [5.41, 5.74) is -0.411. The standard InChI is InChI=1S/C19H17F3N2O4/c1-12(25)24(14-9-7-13(8-10-14)19(20,21)22)11-17(26)23-16-6-4-3-5-15(16)18(27)28-2/h3-10H,11H2,1-2H3,(H,23,26). The van der Waals surface area contributed by atoms with Crippen molar-refractivity contribution in [3.8, 4) is 0 Å². The van der Waals surface area contributed by atoms with Crippen LogP contribution in [-0.4, -0.2) is 31.4 Å². The van der Waals surface area contributed by atoms with Gasteiger partial charge in [0, 0.05) is 12.6 Å². The highest BCUT2D eigenvalue weighted by Crippen LogP contribution is 2.30. The minimum Gasteiger partial charge on any atom is -0.465 e. The molecule has 0 saturated heterocycles. The lowest BCUT2D eigenvalue weighted by Gasteiger charge is -2.21. The molecular weight excluding hydrogens is 377 g/mol. The average Bonchev–Trinajstić information content (AvgIpc) is 2.65. The SMILES string of the molecule is COC(=O)c1ccccc1NC(=O)CN(C(C)=O)c1ccc(C(F)(F)F)cc1. The third-order valence-electron chi connectivity index (χ3n) is 3.79. The number of hydrogen-bond donors (Lipinski definition) is 1. The van der Waals surface area contributed by atoms with Crippen molar-refractivity contribution in [3.63, 3.8) is 0 Å². The van der Waals surface area contributed by atoms with Crippen LogP contribution in [0.3, 0.4) is 0 Å². The molecule has 0 unspecified atom stereocenters. The van der Waals surface area contributed by atoms with Gasteiger partial charge < -0.3 is 15.0 Å². The van der Waals surface area contributed by atoms with Crippen LogP contribution < -0.4 is 10.2 Å². The van der Waals surface area contributed by atoms with Gasteiger partial charge in [-0.25, -0.2) is 4.79 Å². The van der Waals surface area contributed by atoms with Gasteiger partial charge in [0.25, 0.3) is 0 Å². The Morgan fingerprint density at radius 3 is 2.18 bits per heavy atom. The Labute approximate surface area is 158 Å². The summed E-state index contributed by atoms with van der Waals surface area (Å²) in [6.07, 6.45) is -4.51. The van der Waals surface area contributed by atoms with Crippen LogP contribution in [0.15, 0.2) is 48.5 Å². The van der Waals surface area contributed by atoms with Crippen molar-refractivity contribution in [1.82, 2.24) is 0 Å². The Balaban J connectivity index is 2.18. The number of alkyl halides is 3. The maximum Gasteiger partial charge on any atom is 0.416 e. The molecule has 9 heteroatoms. The van der Waals surface area contributed by atoms with Crippen LogP contribution >= 0.6 is 0 Å². The van der Waals surface area contributed by atoms with Gasteiger partial charge in [0.05, 0.1) is 23.9 Å². The first-order valence-corrected chi connectivity index (χ1v) is 8.06. The van der Waals surface area contributed by atoms with E-state index in [2.05, 4.69) is 10.1 Å². The van der Waals surface area contributed by atoms with Crippen LogP contribution in [0.25, 0.3) is 0 Å². The summed E-state index contributed by atoms with van der Waals surface area (Å²) in [7, 11) is 1.20. The summed E-state index contributed by atoms with van der Waals surface area (Å²) >= 11 is 0. The second kappa shape index (κ2) is 8.55. The minimum atomic E-state index is -4.51. The van der Waals surface area contributed by atoms with E-state index >= 15 is 0 Å². The molecule has 28 heavy (non-hydrogen) atoms. The predicted octanol–water partition coefficient (Wildman–Crippen LogP) is 3.48. The van der Waals surface area contributed by atoms with Gasteiger partial charge in [-0.2, -0.15) is 13.2 Å². The number of rotatable bonds is 5. The van der Waals surface area contributed by atoms with E-state index in [1.165, 1.54) is 26.2 Å². The molecule has 0 heterocycles. The summed E-state index contributed by atoms with van der Waals surface area (Å²) in [6.45, 7) is 0.740. The first-order valence-electron chi connectivity index (χ1n) is 8.06. The smallest absolute Gasteiger partial charge is 0.416 e. The molecule has 0 aliphatic carbocycles. The number of nitrogens with one attached hydrogen (secondary N) is 1. The zero-order valence-corrected chi connectivity index (χ0v) is 15.0. The van der Waals surface area contributed by atoms with Gasteiger partial charge >= 0.3 is 12.1 Å². The lowest BCUT2D eigenvalue weighted by molar-refractivity contribution is -0.137. The van der Waals surface area contributed by atoms with Crippen LogP contribution in [-0.2, 0) is 20.5 Å². The molecule has 2 aromatic rings. The van der Waals surface area contributed by atoms with Crippen LogP contribution in [0, 0.1) is 0 Å². The van der Waals surface area contributed by atoms with Crippen molar-refractivity contribution >= 4 is 29.2 Å². The molecule has 0 aliphatic rings. The maximum atomic E-state index is 12.7. The Kier molecular flexibility index (Phi) is 6.40. The molecule has 6 nitrogen and oxygen atoms in total. The lowest BCUT2D eigenvalue weighted by Crippen LogP contribution is -2.37. The van der Waals surface area contributed by atoms with E-state index in [1.807, 2.05) is 0 Å². The van der Waals surface area contributed by atoms with Gasteiger partial charge in [0.1, 0.15) is 6.54 Å². The van der Waals surface area contributed by atoms with E-state index in [-0.39, 0.29) is 16.9 Å². The molecule has 0 fully saturated rings. The molecule has 2 rings (SSSR count). The molecular formula is C19H17F3N2O4. The molecule has 0 atom stereocenters. The Bertz CT molecular complexity index is 879. The number of amides is 2. The van der Waals surface area contributed by atoms with Gasteiger partial charge in [-0.15, -0.1) is 0 Å². The fourth-order valence-corrected chi connectivity index (χ4v) is 2.43. The third kappa shape index (κ3) is 5.09. The van der Waals surface area contributed by atoms with E-state index < -0.39 is 36.1 Å². The van der Waals surface area contributed by atoms with E-state index in [9.17, 15) is 27.6 Å². The topological polar surface area (TPSA) is 75.7 Å². The third-order valence-corrected chi connectivity index (χ3v) is 3.79. The summed E-state index contributed by atoms with van der Waals surface area (Å²) < 4.78 is 42.7. The van der Waals surface area contributed by atoms with Gasteiger partial charge in [-0.1, -0.05) is 12.1 Å². The number of halogens is 3. The second-order valence-corrected chi connectivity index (χ2v) is 5.74. The molecule has 0 radical (unpaired) electrons. The first-order chi connectivity index (χ1) is 13.1. The molecule has 2 aromatic carbocycles. The van der Waals surface area contributed by atoms with Crippen molar-refractivity contribution in [3.05, 3.63) is 59.7 Å². The van der Waals surface area contributed by atoms with Crippen molar-refractivity contribution < 1.29 is 32.3 Å². The molecule has 0 spiro atoms. The average molecular weight is 394 g/mol. The summed E-state index contributed by atoms with van der Waals surface area (Å²) in [4.78, 5) is 37.0. The monoisotopic (exact) mass is 394 g/mol. The van der Waals surface area contributed by atoms with E-state index in [4.69, 9.17) is 0 Å². The van der Waals surface area contributed by atoms with E-state index in [0.29, 0.717) is 0 Å². The number of benzene rings is 2. The summed E-state index contributed by atoms with van der Waals surface area (Å²) in [5, 5.41) is 2.50. The van der Waals surface area contributed by atoms with Crippen LogP contribution in [0.1, 0.15) is 22.8 Å². The maximum absolute atomic E-state index is 12.7. The van der Waals surface area contributed by atoms with E-state index in [1.54, 1.807) is 12.1 Å². The van der Waals surface area contributed by atoms with Crippen LogP contribution in [0.2, 0.25) is 0 Å². The number of esters is 1. The van der Waals surface area contributed by atoms with Crippen LogP contribution in [0.5, 0.6) is 0 Å². The highest BCUT2D eigenvalue weighted by atomic mass is 19.4. The number of methoxy groups -OCH3 is 1. The number of carbonyl (C=O) groups is 3. The number of para-hydroxylation sites is 1. The quantitative estimate of drug-likeness (QED) is 0.788. The summed E-state index contributed by atoms with van der Waals surface area (Å²) in [5.74, 6) is -1.82. The fourth-order valence-electron chi connectivity index (χ4n) is 2.43. The largest absolute Gasteiger partial charge is 0.465 e. The second-order valence-electron chi connectivity index (χ2n) is 5.74. The van der Waals surface area contributed by atoms with Gasteiger partial charge in [0.15, 0.2) is 0 Å². The van der Waals surface area contributed by atoms with Crippen molar-refractivity contribution in [2.45, 2.75) is 13.1 Å². The number of hydrogen-bond acceptors (Lipinski definition) is 4. The van der Waals surface area contributed by atoms with Crippen molar-refractivity contribution in [2.24, 2.45) is 0 Å². The molecule has 0 saturated carbocycles. The van der Waals surface area contributed by atoms with Crippen molar-refractivity contribution in [2.75, 3.05) is 23.9 Å². The molecule has 1 N–H and O–H groups in total. The predicted molar refractivity (Wildman–Crippen MR) is 95.9 cm³/mol. The number of carbonyl (C=O) groups excluding carboxylic acids is 3. The van der Waals surface area contributed by atoms with Crippen molar-refractivity contribution in [1.29, 1.82) is 0 Å². The molecule has 0 bridgehead atoms. The Morgan fingerprint density at radius 1 is 1.04 bits per heavy atom. The van der Waals surface area contributed by atoms with Gasteiger partial charge in [-0.05, 0) is 36.4 Å². The molecule has 2 amide bonds. The Morgan fingerprint density at radius 2 is 1.64 bits per heavy atom. The number of nitrogens with zero attached hydrogens (tertiary/aromatic N) is 1. The molecule has 0 aromatic heterocycles.